The van der Waals surface area contributed by atoms with Crippen molar-refractivity contribution in [1.29, 1.82) is 0 Å². The Labute approximate surface area is 127 Å². The van der Waals surface area contributed by atoms with E-state index >= 15 is 0 Å². The van der Waals surface area contributed by atoms with Gasteiger partial charge in [-0.2, -0.15) is 0 Å². The molecule has 1 aliphatic heterocycles. The minimum atomic E-state index is -1.33. The molecule has 1 saturated heterocycles. The fourth-order valence-corrected chi connectivity index (χ4v) is 2.15. The highest BCUT2D eigenvalue weighted by atomic mass is 16.5. The normalized spacial score (nSPS) is 29.5. The Morgan fingerprint density at radius 2 is 1.82 bits per heavy atom. The number of nitrogens with zero attached hydrogens (tertiary/aromatic N) is 1. The van der Waals surface area contributed by atoms with E-state index in [9.17, 15) is 30.0 Å². The molecule has 1 aliphatic rings. The number of carbonyl (C=O) groups is 2. The average molecular weight is 319 g/mol. The molecule has 0 aromatic carbocycles. The van der Waals surface area contributed by atoms with Gasteiger partial charge < -0.3 is 29.9 Å². The third kappa shape index (κ3) is 5.04. The highest BCUT2D eigenvalue weighted by molar-refractivity contribution is 5.91. The minimum Gasteiger partial charge on any atom is -0.466 e. The molecule has 1 heterocycles. The van der Waals surface area contributed by atoms with Crippen molar-refractivity contribution < 1.29 is 39.5 Å². The number of methoxy groups -OCH3 is 1. The smallest absolute Gasteiger partial charge is 0.331 e. The molecule has 1 rings (SSSR count). The summed E-state index contributed by atoms with van der Waals surface area (Å²) in [6, 6.07) is -0.761. The highest BCUT2D eigenvalue weighted by Gasteiger charge is 2.40. The molecule has 0 aromatic rings. The molecule has 0 radical (unpaired) electrons. The molecule has 4 atom stereocenters. The van der Waals surface area contributed by atoms with Gasteiger partial charge in [0.1, 0.15) is 18.8 Å². The molecular weight excluding hydrogens is 298 g/mol. The fourth-order valence-electron chi connectivity index (χ4n) is 2.15. The second kappa shape index (κ2) is 8.81. The van der Waals surface area contributed by atoms with E-state index in [1.54, 1.807) is 0 Å². The monoisotopic (exact) mass is 319 g/mol. The van der Waals surface area contributed by atoms with Crippen molar-refractivity contribution in [3.05, 3.63) is 12.2 Å². The maximum absolute atomic E-state index is 11.3. The van der Waals surface area contributed by atoms with Crippen LogP contribution in [0.2, 0.25) is 0 Å². The Kier molecular flexibility index (Phi) is 7.42. The zero-order chi connectivity index (χ0) is 16.7. The summed E-state index contributed by atoms with van der Waals surface area (Å²) < 4.78 is 9.16. The van der Waals surface area contributed by atoms with Crippen molar-refractivity contribution in [1.82, 2.24) is 4.90 Å². The molecule has 4 N–H and O–H groups in total. The number of esters is 2. The molecule has 0 saturated carbocycles. The van der Waals surface area contributed by atoms with Gasteiger partial charge in [0, 0.05) is 25.2 Å². The van der Waals surface area contributed by atoms with Crippen LogP contribution in [0.3, 0.4) is 0 Å². The molecule has 0 aromatic heterocycles. The van der Waals surface area contributed by atoms with Gasteiger partial charge in [0.05, 0.1) is 25.9 Å². The molecule has 0 spiro atoms. The van der Waals surface area contributed by atoms with Gasteiger partial charge in [0.25, 0.3) is 0 Å². The number of likely N-dealkylation sites (tertiary alicyclic amines) is 1. The Morgan fingerprint density at radius 1 is 1.18 bits per heavy atom. The maximum Gasteiger partial charge on any atom is 0.331 e. The summed E-state index contributed by atoms with van der Waals surface area (Å²) in [7, 11) is 1.18. The van der Waals surface area contributed by atoms with E-state index in [4.69, 9.17) is 4.74 Å². The number of ether oxygens (including phenoxy) is 2. The van der Waals surface area contributed by atoms with Crippen LogP contribution in [0, 0.1) is 0 Å². The number of aliphatic hydroxyl groups excluding tert-OH is 4. The molecular formula is C13H21NO8. The molecule has 0 amide bonds. The van der Waals surface area contributed by atoms with Crippen LogP contribution in [-0.2, 0) is 19.1 Å². The SMILES string of the molecule is COC(=O)C=CC(=O)OCCN1CC(O)C(O)C(O)C1CO. The minimum absolute atomic E-state index is 0.0268. The number of hydrogen-bond donors (Lipinski definition) is 4. The average Bonchev–Trinajstić information content (AvgIpc) is 2.50. The van der Waals surface area contributed by atoms with Crippen LogP contribution >= 0.6 is 0 Å². The van der Waals surface area contributed by atoms with Gasteiger partial charge in [-0.25, -0.2) is 9.59 Å². The molecule has 126 valence electrons. The fraction of sp³-hybridized carbons (Fsp3) is 0.692. The molecule has 0 bridgehead atoms. The molecule has 4 unspecified atom stereocenters. The first-order valence-corrected chi connectivity index (χ1v) is 6.72. The lowest BCUT2D eigenvalue weighted by atomic mass is 9.94. The van der Waals surface area contributed by atoms with Gasteiger partial charge >= 0.3 is 11.9 Å². The number of aliphatic hydroxyl groups is 4. The van der Waals surface area contributed by atoms with Gasteiger partial charge in [0.2, 0.25) is 0 Å². The van der Waals surface area contributed by atoms with Crippen LogP contribution in [0.4, 0.5) is 0 Å². The van der Waals surface area contributed by atoms with E-state index in [0.717, 1.165) is 12.2 Å². The number of carbonyl (C=O) groups excluding carboxylic acids is 2. The number of rotatable bonds is 6. The van der Waals surface area contributed by atoms with Crippen molar-refractivity contribution in [3.63, 3.8) is 0 Å². The van der Waals surface area contributed by atoms with Crippen LogP contribution in [0.15, 0.2) is 12.2 Å². The Hall–Kier alpha value is -1.52. The number of β-amino-alcohol motifs (C(OH)–C–C–N with tert-alkyl or cyclic N) is 1. The van der Waals surface area contributed by atoms with Crippen molar-refractivity contribution in [2.75, 3.05) is 33.4 Å². The molecule has 1 fully saturated rings. The van der Waals surface area contributed by atoms with E-state index in [2.05, 4.69) is 4.74 Å². The lowest BCUT2D eigenvalue weighted by Gasteiger charge is -2.42. The summed E-state index contributed by atoms with van der Waals surface area (Å²) in [6.07, 6.45) is -1.96. The summed E-state index contributed by atoms with van der Waals surface area (Å²) in [5, 5.41) is 38.2. The van der Waals surface area contributed by atoms with E-state index in [1.807, 2.05) is 0 Å². The molecule has 22 heavy (non-hydrogen) atoms. The first-order valence-electron chi connectivity index (χ1n) is 6.72. The maximum atomic E-state index is 11.3. The zero-order valence-electron chi connectivity index (χ0n) is 12.2. The number of piperidine rings is 1. The van der Waals surface area contributed by atoms with Crippen LogP contribution in [0.5, 0.6) is 0 Å². The summed E-state index contributed by atoms with van der Waals surface area (Å²) in [4.78, 5) is 23.6. The summed E-state index contributed by atoms with van der Waals surface area (Å²) in [5.74, 6) is -1.43. The largest absolute Gasteiger partial charge is 0.466 e. The van der Waals surface area contributed by atoms with Crippen molar-refractivity contribution in [2.45, 2.75) is 24.4 Å². The predicted molar refractivity (Wildman–Crippen MR) is 72.6 cm³/mol. The highest BCUT2D eigenvalue weighted by Crippen LogP contribution is 2.18. The molecule has 9 nitrogen and oxygen atoms in total. The summed E-state index contributed by atoms with van der Waals surface area (Å²) >= 11 is 0. The quantitative estimate of drug-likeness (QED) is 0.298. The van der Waals surface area contributed by atoms with Gasteiger partial charge in [-0.15, -0.1) is 0 Å². The topological polar surface area (TPSA) is 137 Å². The van der Waals surface area contributed by atoms with Crippen LogP contribution in [0.25, 0.3) is 0 Å². The van der Waals surface area contributed by atoms with E-state index in [0.29, 0.717) is 0 Å². The van der Waals surface area contributed by atoms with Gasteiger partial charge in [-0.3, -0.25) is 4.90 Å². The van der Waals surface area contributed by atoms with Crippen LogP contribution < -0.4 is 0 Å². The van der Waals surface area contributed by atoms with E-state index < -0.39 is 42.9 Å². The lowest BCUT2D eigenvalue weighted by molar-refractivity contribution is -0.152. The lowest BCUT2D eigenvalue weighted by Crippen LogP contribution is -2.62. The standard InChI is InChI=1S/C13H21NO8/c1-21-10(17)2-3-11(18)22-5-4-14-6-9(16)13(20)12(19)8(14)7-15/h2-3,8-9,12-13,15-16,19-20H,4-7H2,1H3. The second-order valence-electron chi connectivity index (χ2n) is 4.82. The second-order valence-corrected chi connectivity index (χ2v) is 4.82. The number of hydrogen-bond acceptors (Lipinski definition) is 9. The van der Waals surface area contributed by atoms with Crippen LogP contribution in [-0.4, -0.2) is 95.0 Å². The Bertz CT molecular complexity index is 413. The summed E-state index contributed by atoms with van der Waals surface area (Å²) in [6.45, 7) is -0.319. The zero-order valence-corrected chi connectivity index (χ0v) is 12.2. The summed E-state index contributed by atoms with van der Waals surface area (Å²) in [5.41, 5.74) is 0. The Balaban J connectivity index is 2.44. The van der Waals surface area contributed by atoms with Crippen molar-refractivity contribution >= 4 is 11.9 Å². The first kappa shape index (κ1) is 18.5. The van der Waals surface area contributed by atoms with Crippen molar-refractivity contribution in [3.8, 4) is 0 Å². The van der Waals surface area contributed by atoms with Gasteiger partial charge in [-0.1, -0.05) is 0 Å². The first-order chi connectivity index (χ1) is 10.4. The van der Waals surface area contributed by atoms with Gasteiger partial charge in [0.15, 0.2) is 0 Å². The molecule has 9 heteroatoms. The third-order valence-corrected chi connectivity index (χ3v) is 3.40. The Morgan fingerprint density at radius 3 is 2.41 bits per heavy atom. The third-order valence-electron chi connectivity index (χ3n) is 3.40. The van der Waals surface area contributed by atoms with Gasteiger partial charge in [-0.05, 0) is 0 Å². The van der Waals surface area contributed by atoms with Crippen LogP contribution in [0.1, 0.15) is 0 Å². The predicted octanol–water partition coefficient (Wildman–Crippen LogP) is -2.98. The van der Waals surface area contributed by atoms with E-state index in [-0.39, 0.29) is 19.7 Å². The molecule has 0 aliphatic carbocycles. The van der Waals surface area contributed by atoms with Crippen molar-refractivity contribution in [2.24, 2.45) is 0 Å². The van der Waals surface area contributed by atoms with E-state index in [1.165, 1.54) is 12.0 Å².